The summed E-state index contributed by atoms with van der Waals surface area (Å²) in [6.07, 6.45) is 3.43. The molecule has 0 radical (unpaired) electrons. The van der Waals surface area contributed by atoms with Gasteiger partial charge in [-0.25, -0.2) is 0 Å². The smallest absolute Gasteiger partial charge is 0.314 e. The van der Waals surface area contributed by atoms with Gasteiger partial charge in [-0.15, -0.1) is 0 Å². The van der Waals surface area contributed by atoms with Crippen molar-refractivity contribution in [3.05, 3.63) is 41.0 Å². The first-order chi connectivity index (χ1) is 16.6. The first-order valence-electron chi connectivity index (χ1n) is 11.6. The van der Waals surface area contributed by atoms with E-state index in [0.29, 0.717) is 23.9 Å². The fraction of sp³-hybridized carbons (Fsp3) is 0.462. The van der Waals surface area contributed by atoms with Crippen molar-refractivity contribution in [2.24, 2.45) is 17.8 Å². The summed E-state index contributed by atoms with van der Waals surface area (Å²) >= 11 is 0. The largest absolute Gasteiger partial charge is 0.493 e. The van der Waals surface area contributed by atoms with E-state index < -0.39 is 0 Å². The van der Waals surface area contributed by atoms with Crippen LogP contribution in [0.5, 0.6) is 28.7 Å². The number of esters is 2. The van der Waals surface area contributed by atoms with Gasteiger partial charge in [-0.3, -0.25) is 9.59 Å². The van der Waals surface area contributed by atoms with Gasteiger partial charge in [0.1, 0.15) is 0 Å². The van der Waals surface area contributed by atoms with Crippen molar-refractivity contribution in [1.82, 2.24) is 0 Å². The number of carbonyl (C=O) groups excluding carboxylic acids is 2. The van der Waals surface area contributed by atoms with Gasteiger partial charge in [0, 0.05) is 11.8 Å². The molecule has 3 atom stereocenters. The molecule has 8 nitrogen and oxygen atoms in total. The summed E-state index contributed by atoms with van der Waals surface area (Å²) in [6.45, 7) is 0.569. The Bertz CT molecular complexity index is 1140. The zero-order chi connectivity index (χ0) is 23.4. The zero-order valence-corrected chi connectivity index (χ0v) is 19.1. The summed E-state index contributed by atoms with van der Waals surface area (Å²) in [5, 5.41) is 0. The van der Waals surface area contributed by atoms with Gasteiger partial charge in [0.25, 0.3) is 0 Å². The normalized spacial score (nSPS) is 24.5. The number of hydrogen-bond donors (Lipinski definition) is 0. The fourth-order valence-corrected chi connectivity index (χ4v) is 5.51. The lowest BCUT2D eigenvalue weighted by atomic mass is 9.67. The molecular formula is C26H26O8. The topological polar surface area (TPSA) is 89.5 Å². The molecule has 1 saturated heterocycles. The highest BCUT2D eigenvalue weighted by Gasteiger charge is 2.48. The second kappa shape index (κ2) is 8.11. The summed E-state index contributed by atoms with van der Waals surface area (Å²) in [4.78, 5) is 25.4. The molecule has 2 aliphatic carbocycles. The van der Waals surface area contributed by atoms with E-state index in [1.165, 1.54) is 14.2 Å². The molecule has 0 amide bonds. The third-order valence-electron chi connectivity index (χ3n) is 7.51. The predicted molar refractivity (Wildman–Crippen MR) is 119 cm³/mol. The molecule has 2 aliphatic heterocycles. The van der Waals surface area contributed by atoms with Gasteiger partial charge in [-0.2, -0.15) is 0 Å². The van der Waals surface area contributed by atoms with Crippen LogP contribution in [0.3, 0.4) is 0 Å². The van der Waals surface area contributed by atoms with Crippen LogP contribution in [0.4, 0.5) is 0 Å². The maximum atomic E-state index is 12.9. The maximum absolute atomic E-state index is 12.9. The zero-order valence-electron chi connectivity index (χ0n) is 19.1. The van der Waals surface area contributed by atoms with E-state index in [2.05, 4.69) is 0 Å². The van der Waals surface area contributed by atoms with Gasteiger partial charge >= 0.3 is 11.9 Å². The average molecular weight is 466 g/mol. The SMILES string of the molecule is COc1cc([C@@H]2c3cc4c(cc3C[C@H]3COC(=O)[C@@H]32)OCO4)cc(OC)c1OC(=O)C1CCC1. The quantitative estimate of drug-likeness (QED) is 0.488. The number of cyclic esters (lactones) is 1. The first-order valence-corrected chi connectivity index (χ1v) is 11.6. The van der Waals surface area contributed by atoms with Gasteiger partial charge in [-0.1, -0.05) is 6.42 Å². The van der Waals surface area contributed by atoms with Crippen molar-refractivity contribution < 1.29 is 38.0 Å². The molecule has 0 aromatic heterocycles. The van der Waals surface area contributed by atoms with Crippen molar-refractivity contribution >= 4 is 11.9 Å². The molecule has 4 aliphatic rings. The van der Waals surface area contributed by atoms with Gasteiger partial charge in [-0.05, 0) is 60.2 Å². The Kier molecular flexibility index (Phi) is 5.04. The molecule has 2 heterocycles. The Morgan fingerprint density at radius 3 is 2.32 bits per heavy atom. The Labute approximate surface area is 197 Å². The van der Waals surface area contributed by atoms with Crippen LogP contribution in [0, 0.1) is 17.8 Å². The van der Waals surface area contributed by atoms with Gasteiger partial charge in [0.05, 0.1) is 32.7 Å². The van der Waals surface area contributed by atoms with Crippen LogP contribution in [-0.2, 0) is 20.7 Å². The minimum Gasteiger partial charge on any atom is -0.493 e. The van der Waals surface area contributed by atoms with Crippen LogP contribution in [0.25, 0.3) is 0 Å². The molecule has 6 rings (SSSR count). The van der Waals surface area contributed by atoms with E-state index in [1.54, 1.807) is 0 Å². The number of hydrogen-bond acceptors (Lipinski definition) is 8. The van der Waals surface area contributed by atoms with Gasteiger partial charge in [0.15, 0.2) is 23.0 Å². The molecule has 178 valence electrons. The van der Waals surface area contributed by atoms with Crippen LogP contribution in [0.1, 0.15) is 41.9 Å². The molecule has 2 aromatic rings. The summed E-state index contributed by atoms with van der Waals surface area (Å²) in [6, 6.07) is 7.64. The highest BCUT2D eigenvalue weighted by atomic mass is 16.7. The molecule has 8 heteroatoms. The highest BCUT2D eigenvalue weighted by Crippen LogP contribution is 2.52. The lowest BCUT2D eigenvalue weighted by molar-refractivity contribution is -0.142. The van der Waals surface area contributed by atoms with Crippen molar-refractivity contribution in [2.45, 2.75) is 31.6 Å². The number of fused-ring (bicyclic) bond motifs is 3. The van der Waals surface area contributed by atoms with E-state index in [1.807, 2.05) is 24.3 Å². The second-order valence-electron chi connectivity index (χ2n) is 9.31. The Morgan fingerprint density at radius 2 is 1.68 bits per heavy atom. The van der Waals surface area contributed by atoms with E-state index >= 15 is 0 Å². The molecule has 0 N–H and O–H groups in total. The number of ether oxygens (including phenoxy) is 6. The third-order valence-corrected chi connectivity index (χ3v) is 7.51. The van der Waals surface area contributed by atoms with E-state index in [-0.39, 0.29) is 48.2 Å². The van der Waals surface area contributed by atoms with Crippen LogP contribution >= 0.6 is 0 Å². The lowest BCUT2D eigenvalue weighted by Crippen LogP contribution is -2.31. The van der Waals surface area contributed by atoms with Crippen molar-refractivity contribution in [2.75, 3.05) is 27.6 Å². The average Bonchev–Trinajstić information content (AvgIpc) is 3.41. The maximum Gasteiger partial charge on any atom is 0.314 e. The van der Waals surface area contributed by atoms with Crippen LogP contribution in [0.2, 0.25) is 0 Å². The third kappa shape index (κ3) is 3.27. The van der Waals surface area contributed by atoms with Gasteiger partial charge < -0.3 is 28.4 Å². The molecule has 0 unspecified atom stereocenters. The summed E-state index contributed by atoms with van der Waals surface area (Å²) < 4.78 is 33.7. The monoisotopic (exact) mass is 466 g/mol. The van der Waals surface area contributed by atoms with E-state index in [0.717, 1.165) is 48.1 Å². The molecule has 2 fully saturated rings. The van der Waals surface area contributed by atoms with E-state index in [4.69, 9.17) is 28.4 Å². The van der Waals surface area contributed by atoms with Crippen molar-refractivity contribution in [1.29, 1.82) is 0 Å². The summed E-state index contributed by atoms with van der Waals surface area (Å²) in [7, 11) is 3.05. The Morgan fingerprint density at radius 1 is 0.971 bits per heavy atom. The van der Waals surface area contributed by atoms with Crippen molar-refractivity contribution in [3.63, 3.8) is 0 Å². The van der Waals surface area contributed by atoms with E-state index in [9.17, 15) is 9.59 Å². The van der Waals surface area contributed by atoms with Crippen LogP contribution in [-0.4, -0.2) is 39.6 Å². The highest BCUT2D eigenvalue weighted by molar-refractivity contribution is 5.80. The molecular weight excluding hydrogens is 440 g/mol. The summed E-state index contributed by atoms with van der Waals surface area (Å²) in [5.74, 6) is 1.27. The number of carbonyl (C=O) groups is 2. The predicted octanol–water partition coefficient (Wildman–Crippen LogP) is 3.62. The van der Waals surface area contributed by atoms with Gasteiger partial charge in [0.2, 0.25) is 12.5 Å². The number of methoxy groups -OCH3 is 2. The van der Waals surface area contributed by atoms with Crippen LogP contribution < -0.4 is 23.7 Å². The Hall–Kier alpha value is -3.42. The lowest BCUT2D eigenvalue weighted by Gasteiger charge is -2.34. The number of rotatable bonds is 5. The minimum atomic E-state index is -0.342. The molecule has 2 aromatic carbocycles. The second-order valence-corrected chi connectivity index (χ2v) is 9.31. The fourth-order valence-electron chi connectivity index (χ4n) is 5.51. The summed E-state index contributed by atoms with van der Waals surface area (Å²) in [5.41, 5.74) is 2.92. The first kappa shape index (κ1) is 21.1. The molecule has 0 bridgehead atoms. The Balaban J connectivity index is 1.46. The molecule has 34 heavy (non-hydrogen) atoms. The molecule has 1 saturated carbocycles. The van der Waals surface area contributed by atoms with Crippen molar-refractivity contribution in [3.8, 4) is 28.7 Å². The standard InChI is InChI=1S/C26H26O8/c1-29-20-8-15(9-21(30-2)24(20)34-25(27)13-4-3-5-13)22-17-10-19-18(32-12-33-19)7-14(17)6-16-11-31-26(28)23(16)22/h7-10,13,16,22-23H,3-6,11-12H2,1-2H3/t16-,22+,23-/m0/s1. The minimum absolute atomic E-state index is 0.0542. The number of benzene rings is 2. The van der Waals surface area contributed by atoms with Crippen LogP contribution in [0.15, 0.2) is 24.3 Å². The molecule has 0 spiro atoms.